The van der Waals surface area contributed by atoms with Crippen molar-refractivity contribution in [3.63, 3.8) is 0 Å². The van der Waals surface area contributed by atoms with E-state index in [4.69, 9.17) is 0 Å². The van der Waals surface area contributed by atoms with Gasteiger partial charge >= 0.3 is 6.03 Å². The molecule has 0 aliphatic rings. The number of anilines is 1. The second-order valence-corrected chi connectivity index (χ2v) is 5.70. The topological polar surface area (TPSA) is 69.8 Å². The third-order valence-corrected chi connectivity index (χ3v) is 4.29. The van der Waals surface area contributed by atoms with Gasteiger partial charge in [0.05, 0.1) is 18.3 Å². The first-order chi connectivity index (χ1) is 10.3. The van der Waals surface area contributed by atoms with Crippen molar-refractivity contribution in [1.82, 2.24) is 15.5 Å². The number of fused-ring (bicyclic) bond motifs is 1. The zero-order valence-electron chi connectivity index (χ0n) is 11.6. The Morgan fingerprint density at radius 2 is 2.29 bits per heavy atom. The van der Waals surface area contributed by atoms with Crippen molar-refractivity contribution in [2.45, 2.75) is 19.9 Å². The molecule has 0 saturated heterocycles. The fraction of sp³-hybridized carbons (Fsp3) is 0.200. The monoisotopic (exact) mass is 300 g/mol. The van der Waals surface area contributed by atoms with Gasteiger partial charge in [-0.1, -0.05) is 6.92 Å². The Labute approximate surface area is 126 Å². The Kier molecular flexibility index (Phi) is 3.87. The number of aromatic amines is 1. The Hall–Kier alpha value is -2.34. The Bertz CT molecular complexity index is 762. The van der Waals surface area contributed by atoms with Crippen molar-refractivity contribution in [3.8, 4) is 0 Å². The fourth-order valence-corrected chi connectivity index (χ4v) is 3.11. The molecule has 0 aliphatic carbocycles. The Morgan fingerprint density at radius 3 is 3.14 bits per heavy atom. The maximum Gasteiger partial charge on any atom is 0.319 e. The smallest absolute Gasteiger partial charge is 0.319 e. The molecule has 0 radical (unpaired) electrons. The van der Waals surface area contributed by atoms with E-state index in [9.17, 15) is 4.79 Å². The molecule has 0 aliphatic heterocycles. The van der Waals surface area contributed by atoms with Gasteiger partial charge in [-0.15, -0.1) is 11.3 Å². The number of aryl methyl sites for hydroxylation is 1. The lowest BCUT2D eigenvalue weighted by atomic mass is 10.2. The van der Waals surface area contributed by atoms with Crippen LogP contribution in [-0.4, -0.2) is 16.2 Å². The highest BCUT2D eigenvalue weighted by Gasteiger charge is 2.06. The normalized spacial score (nSPS) is 10.7. The van der Waals surface area contributed by atoms with E-state index >= 15 is 0 Å². The van der Waals surface area contributed by atoms with Crippen LogP contribution in [0.4, 0.5) is 10.5 Å². The minimum absolute atomic E-state index is 0.201. The molecular weight excluding hydrogens is 284 g/mol. The number of benzene rings is 1. The van der Waals surface area contributed by atoms with E-state index in [1.807, 2.05) is 18.2 Å². The average molecular weight is 300 g/mol. The quantitative estimate of drug-likeness (QED) is 0.690. The number of nitrogens with one attached hydrogen (secondary N) is 3. The Balaban J connectivity index is 1.61. The van der Waals surface area contributed by atoms with Crippen LogP contribution in [0.1, 0.15) is 17.4 Å². The number of nitrogens with zero attached hydrogens (tertiary/aromatic N) is 1. The fourth-order valence-electron chi connectivity index (χ4n) is 2.19. The molecule has 0 bridgehead atoms. The summed E-state index contributed by atoms with van der Waals surface area (Å²) in [4.78, 5) is 13.1. The minimum Gasteiger partial charge on any atom is -0.333 e. The lowest BCUT2D eigenvalue weighted by Gasteiger charge is -2.08. The molecule has 108 valence electrons. The summed E-state index contributed by atoms with van der Waals surface area (Å²) in [6.07, 6.45) is 2.72. The molecule has 2 aromatic heterocycles. The summed E-state index contributed by atoms with van der Waals surface area (Å²) in [5.74, 6) is 0. The van der Waals surface area contributed by atoms with Gasteiger partial charge in [-0.2, -0.15) is 5.10 Å². The van der Waals surface area contributed by atoms with Gasteiger partial charge in [0.2, 0.25) is 0 Å². The van der Waals surface area contributed by atoms with Gasteiger partial charge in [0.1, 0.15) is 0 Å². The van der Waals surface area contributed by atoms with Crippen LogP contribution in [0.2, 0.25) is 0 Å². The van der Waals surface area contributed by atoms with E-state index in [1.54, 1.807) is 17.5 Å². The maximum absolute atomic E-state index is 11.9. The van der Waals surface area contributed by atoms with Gasteiger partial charge < -0.3 is 10.6 Å². The molecule has 0 fully saturated rings. The largest absolute Gasteiger partial charge is 0.333 e. The number of thiophene rings is 1. The van der Waals surface area contributed by atoms with E-state index in [0.29, 0.717) is 6.54 Å². The highest BCUT2D eigenvalue weighted by Crippen LogP contribution is 2.18. The van der Waals surface area contributed by atoms with Crippen LogP contribution < -0.4 is 10.6 Å². The summed E-state index contributed by atoms with van der Waals surface area (Å²) >= 11 is 1.67. The number of rotatable bonds is 4. The van der Waals surface area contributed by atoms with Gasteiger partial charge in [0.25, 0.3) is 0 Å². The number of hydrogen-bond acceptors (Lipinski definition) is 3. The van der Waals surface area contributed by atoms with Gasteiger partial charge in [0, 0.05) is 16.0 Å². The second kappa shape index (κ2) is 5.97. The molecular formula is C15H16N4OS. The van der Waals surface area contributed by atoms with Gasteiger partial charge in [-0.3, -0.25) is 5.10 Å². The summed E-state index contributed by atoms with van der Waals surface area (Å²) in [5, 5.41) is 15.6. The Morgan fingerprint density at radius 1 is 1.38 bits per heavy atom. The predicted molar refractivity (Wildman–Crippen MR) is 85.6 cm³/mol. The first-order valence-corrected chi connectivity index (χ1v) is 7.67. The van der Waals surface area contributed by atoms with E-state index in [2.05, 4.69) is 39.2 Å². The minimum atomic E-state index is -0.201. The van der Waals surface area contributed by atoms with Crippen LogP contribution in [0, 0.1) is 0 Å². The molecule has 3 aromatic rings. The van der Waals surface area contributed by atoms with E-state index in [-0.39, 0.29) is 6.03 Å². The lowest BCUT2D eigenvalue weighted by Crippen LogP contribution is -2.28. The summed E-state index contributed by atoms with van der Waals surface area (Å²) in [5.41, 5.74) is 3.00. The molecule has 5 nitrogen and oxygen atoms in total. The molecule has 0 spiro atoms. The predicted octanol–water partition coefficient (Wildman–Crippen LogP) is 3.51. The molecule has 2 amide bonds. The average Bonchev–Trinajstić information content (AvgIpc) is 3.13. The molecule has 3 rings (SSSR count). The molecule has 2 heterocycles. The first kappa shape index (κ1) is 13.6. The third kappa shape index (κ3) is 3.05. The number of urea groups is 1. The van der Waals surface area contributed by atoms with Crippen LogP contribution in [-0.2, 0) is 13.0 Å². The second-order valence-electron chi connectivity index (χ2n) is 4.70. The number of H-pyrrole nitrogens is 1. The molecule has 0 atom stereocenters. The van der Waals surface area contributed by atoms with E-state index in [0.717, 1.165) is 23.0 Å². The molecule has 6 heteroatoms. The van der Waals surface area contributed by atoms with Crippen LogP contribution in [0.3, 0.4) is 0 Å². The third-order valence-electron chi connectivity index (χ3n) is 3.33. The lowest BCUT2D eigenvalue weighted by molar-refractivity contribution is 0.252. The highest BCUT2D eigenvalue weighted by molar-refractivity contribution is 7.10. The van der Waals surface area contributed by atoms with Crippen molar-refractivity contribution in [1.29, 1.82) is 0 Å². The number of carbonyl (C=O) groups is 1. The molecule has 0 saturated carbocycles. The van der Waals surface area contributed by atoms with Crippen molar-refractivity contribution < 1.29 is 4.79 Å². The maximum atomic E-state index is 11.9. The number of amides is 2. The van der Waals surface area contributed by atoms with Crippen molar-refractivity contribution in [2.75, 3.05) is 5.32 Å². The van der Waals surface area contributed by atoms with Gasteiger partial charge in [-0.05, 0) is 41.6 Å². The number of aromatic nitrogens is 2. The first-order valence-electron chi connectivity index (χ1n) is 6.79. The summed E-state index contributed by atoms with van der Waals surface area (Å²) < 4.78 is 0. The van der Waals surface area contributed by atoms with Crippen LogP contribution in [0.15, 0.2) is 35.8 Å². The molecule has 21 heavy (non-hydrogen) atoms. The van der Waals surface area contributed by atoms with Crippen LogP contribution >= 0.6 is 11.3 Å². The summed E-state index contributed by atoms with van der Waals surface area (Å²) in [6, 6.07) is 7.54. The van der Waals surface area contributed by atoms with Crippen molar-refractivity contribution >= 4 is 34.0 Å². The summed E-state index contributed by atoms with van der Waals surface area (Å²) in [6.45, 7) is 2.67. The van der Waals surface area contributed by atoms with Crippen molar-refractivity contribution in [3.05, 3.63) is 46.3 Å². The zero-order chi connectivity index (χ0) is 14.7. The molecule has 1 aromatic carbocycles. The van der Waals surface area contributed by atoms with E-state index < -0.39 is 0 Å². The number of carbonyl (C=O) groups excluding carboxylic acids is 1. The molecule has 3 N–H and O–H groups in total. The van der Waals surface area contributed by atoms with Crippen LogP contribution in [0.5, 0.6) is 0 Å². The van der Waals surface area contributed by atoms with Crippen molar-refractivity contribution in [2.24, 2.45) is 0 Å². The highest BCUT2D eigenvalue weighted by atomic mass is 32.1. The van der Waals surface area contributed by atoms with Crippen LogP contribution in [0.25, 0.3) is 10.9 Å². The van der Waals surface area contributed by atoms with Gasteiger partial charge in [-0.25, -0.2) is 4.79 Å². The van der Waals surface area contributed by atoms with Gasteiger partial charge in [0.15, 0.2) is 0 Å². The molecule has 0 unspecified atom stereocenters. The SMILES string of the molecule is CCc1ccsc1CNC(=O)Nc1ccc2[nH]ncc2c1. The summed E-state index contributed by atoms with van der Waals surface area (Å²) in [7, 11) is 0. The number of hydrogen-bond donors (Lipinski definition) is 3. The zero-order valence-corrected chi connectivity index (χ0v) is 12.5. The van der Waals surface area contributed by atoms with E-state index in [1.165, 1.54) is 10.4 Å². The standard InChI is InChI=1S/C15H16N4OS/c1-2-10-5-6-21-14(10)9-16-15(20)18-12-3-4-13-11(7-12)8-17-19-13/h3-8H,2,9H2,1H3,(H,17,19)(H2,16,18,20).